The van der Waals surface area contributed by atoms with Crippen LogP contribution in [0, 0.1) is 0 Å². The lowest BCUT2D eigenvalue weighted by molar-refractivity contribution is -0.155. The van der Waals surface area contributed by atoms with Crippen molar-refractivity contribution in [2.24, 2.45) is 0 Å². The summed E-state index contributed by atoms with van der Waals surface area (Å²) in [7, 11) is -2.67. The maximum Gasteiger partial charge on any atom is 0.452 e. The molecule has 0 bridgehead atoms. The van der Waals surface area contributed by atoms with Gasteiger partial charge in [0, 0.05) is 23.9 Å². The number of aromatic nitrogens is 1. The molecule has 1 aliphatic carbocycles. The first-order valence-electron chi connectivity index (χ1n) is 10.3. The second kappa shape index (κ2) is 8.99. The third kappa shape index (κ3) is 5.09. The number of carboxylic acid groups (broad SMARTS) is 1. The number of aliphatic carboxylic acids is 1. The molecule has 2 aliphatic rings. The average Bonchev–Trinajstić information content (AvgIpc) is 3.15. The Morgan fingerprint density at radius 2 is 1.97 bits per heavy atom. The van der Waals surface area contributed by atoms with Gasteiger partial charge in [-0.2, -0.15) is 17.9 Å². The van der Waals surface area contributed by atoms with E-state index in [2.05, 4.69) is 19.7 Å². The molecule has 4 rings (SSSR count). The van der Waals surface area contributed by atoms with E-state index in [1.807, 2.05) is 0 Å². The van der Waals surface area contributed by atoms with E-state index in [0.29, 0.717) is 11.6 Å². The van der Waals surface area contributed by atoms with Crippen molar-refractivity contribution in [3.8, 4) is 0 Å². The number of carboxylic acids is 1. The average molecular weight is 532 g/mol. The van der Waals surface area contributed by atoms with Gasteiger partial charge in [-0.1, -0.05) is 35.5 Å². The fraction of sp³-hybridized carbons (Fsp3) is 0.381. The lowest BCUT2D eigenvalue weighted by atomic mass is 10.0. The molecule has 0 radical (unpaired) electrons. The molecule has 1 aromatic carbocycles. The van der Waals surface area contributed by atoms with E-state index < -0.39 is 44.0 Å². The number of sulfonamides is 1. The number of likely N-dealkylation sites (N-methyl/N-ethyl adjacent to an activating group) is 1. The first kappa shape index (κ1) is 25.3. The third-order valence-corrected chi connectivity index (χ3v) is 9.50. The molecule has 2 heterocycles. The summed E-state index contributed by atoms with van der Waals surface area (Å²) in [5.74, 6) is -3.43. The highest BCUT2D eigenvalue weighted by Crippen LogP contribution is 2.53. The molecule has 1 fully saturated rings. The summed E-state index contributed by atoms with van der Waals surface area (Å²) in [6.45, 7) is 0. The Morgan fingerprint density at radius 3 is 2.54 bits per heavy atom. The highest BCUT2D eigenvalue weighted by atomic mass is 32.3. The number of hydrogen-bond donors (Lipinski definition) is 3. The molecule has 1 aliphatic heterocycles. The van der Waals surface area contributed by atoms with Gasteiger partial charge in [0.15, 0.2) is 0 Å². The number of nitrogens with one attached hydrogen (secondary N) is 2. The maximum absolute atomic E-state index is 13.0. The van der Waals surface area contributed by atoms with Crippen molar-refractivity contribution in [3.05, 3.63) is 59.0 Å². The number of alkyl halides is 3. The molecular weight excluding hydrogens is 511 g/mol. The number of thioether (sulfide) groups is 1. The minimum atomic E-state index is -4.72. The van der Waals surface area contributed by atoms with Crippen LogP contribution in [-0.2, 0) is 32.2 Å². The lowest BCUT2D eigenvalue weighted by Gasteiger charge is -2.19. The van der Waals surface area contributed by atoms with E-state index in [4.69, 9.17) is 0 Å². The molecular formula is C21H20F3N3O6S2. The largest absolute Gasteiger partial charge is 0.480 e. The fourth-order valence-electron chi connectivity index (χ4n) is 3.84. The van der Waals surface area contributed by atoms with Crippen molar-refractivity contribution in [2.75, 3.05) is 7.05 Å². The fourth-order valence-corrected chi connectivity index (χ4v) is 6.99. The maximum atomic E-state index is 13.0. The minimum Gasteiger partial charge on any atom is -0.480 e. The first-order valence-corrected chi connectivity index (χ1v) is 12.7. The zero-order valence-corrected chi connectivity index (χ0v) is 19.8. The Kier molecular flexibility index (Phi) is 6.49. The Balaban J connectivity index is 1.45. The van der Waals surface area contributed by atoms with Crippen LogP contribution in [0.2, 0.25) is 0 Å². The number of halogens is 3. The van der Waals surface area contributed by atoms with Crippen molar-refractivity contribution in [1.29, 1.82) is 0 Å². The van der Waals surface area contributed by atoms with Gasteiger partial charge in [0.05, 0.1) is 6.42 Å². The summed E-state index contributed by atoms with van der Waals surface area (Å²) in [6.07, 6.45) is -3.15. The predicted octanol–water partition coefficient (Wildman–Crippen LogP) is 2.72. The van der Waals surface area contributed by atoms with Gasteiger partial charge in [-0.25, -0.2) is 8.42 Å². The number of benzene rings is 1. The van der Waals surface area contributed by atoms with E-state index in [1.54, 1.807) is 24.3 Å². The Bertz CT molecular complexity index is 1290. The Morgan fingerprint density at radius 1 is 1.29 bits per heavy atom. The summed E-state index contributed by atoms with van der Waals surface area (Å²) >= 11 is 0.772. The van der Waals surface area contributed by atoms with Crippen LogP contribution in [0.4, 0.5) is 13.2 Å². The van der Waals surface area contributed by atoms with Crippen molar-refractivity contribution >= 4 is 38.6 Å². The topological polar surface area (TPSA) is 139 Å². The number of amides is 1. The van der Waals surface area contributed by atoms with Crippen LogP contribution in [0.1, 0.15) is 41.3 Å². The van der Waals surface area contributed by atoms with Crippen LogP contribution in [0.5, 0.6) is 0 Å². The van der Waals surface area contributed by atoms with Crippen LogP contribution >= 0.6 is 11.8 Å². The molecule has 3 atom stereocenters. The summed E-state index contributed by atoms with van der Waals surface area (Å²) < 4.78 is 69.8. The second-order valence-electron chi connectivity index (χ2n) is 8.20. The summed E-state index contributed by atoms with van der Waals surface area (Å²) in [6, 6.07) is 7.37. The van der Waals surface area contributed by atoms with Crippen molar-refractivity contribution in [1.82, 2.24) is 15.2 Å². The molecule has 0 spiro atoms. The standard InChI is InChI=1S/C21H20F3N3O6S2/c1-25-17(28)8-11-2-4-12(5-3-11)13-10-20(13,19(29)30)27-35(31,32)18-7-6-15(34-18)14-9-16(33-26-14)21(22,23)24/h2-6,9,13,18,27H,7-8,10H2,1H3,(H,25,28)(H,29,30)/t13-,18?,20+/m0/s1. The molecule has 1 unspecified atom stereocenters. The number of rotatable bonds is 8. The van der Waals surface area contributed by atoms with Crippen LogP contribution in [0.3, 0.4) is 0 Å². The molecule has 1 amide bonds. The van der Waals surface area contributed by atoms with E-state index in [-0.39, 0.29) is 35.8 Å². The number of carbonyl (C=O) groups excluding carboxylic acids is 1. The van der Waals surface area contributed by atoms with E-state index in [0.717, 1.165) is 17.3 Å². The van der Waals surface area contributed by atoms with Crippen LogP contribution in [-0.4, -0.2) is 47.7 Å². The van der Waals surface area contributed by atoms with E-state index >= 15 is 0 Å². The molecule has 14 heteroatoms. The SMILES string of the molecule is CNC(=O)Cc1ccc([C@@H]2C[C@]2(NS(=O)(=O)C2CC=C(c3cc(C(F)(F)F)on3)S2)C(=O)O)cc1. The predicted molar refractivity (Wildman–Crippen MR) is 119 cm³/mol. The third-order valence-electron chi connectivity index (χ3n) is 5.83. The summed E-state index contributed by atoms with van der Waals surface area (Å²) in [5, 5.41) is 15.7. The van der Waals surface area contributed by atoms with Gasteiger partial charge >= 0.3 is 12.1 Å². The molecule has 3 N–H and O–H groups in total. The molecule has 2 aromatic rings. The van der Waals surface area contributed by atoms with Gasteiger partial charge in [0.1, 0.15) is 15.8 Å². The summed E-state index contributed by atoms with van der Waals surface area (Å²) in [4.78, 5) is 23.8. The zero-order chi connectivity index (χ0) is 25.6. The molecule has 1 aromatic heterocycles. The molecule has 188 valence electrons. The highest BCUT2D eigenvalue weighted by Gasteiger charge is 2.63. The molecule has 35 heavy (non-hydrogen) atoms. The first-order chi connectivity index (χ1) is 16.4. The van der Waals surface area contributed by atoms with Gasteiger partial charge in [-0.05, 0) is 24.0 Å². The van der Waals surface area contributed by atoms with Crippen molar-refractivity contribution < 1.29 is 40.8 Å². The number of allylic oxidation sites excluding steroid dienone is 1. The number of nitrogens with zero attached hydrogens (tertiary/aromatic N) is 1. The van der Waals surface area contributed by atoms with Gasteiger partial charge < -0.3 is 14.9 Å². The van der Waals surface area contributed by atoms with Gasteiger partial charge in [-0.15, -0.1) is 11.8 Å². The smallest absolute Gasteiger partial charge is 0.452 e. The van der Waals surface area contributed by atoms with E-state index in [1.165, 1.54) is 13.1 Å². The van der Waals surface area contributed by atoms with Gasteiger partial charge in [0.2, 0.25) is 21.7 Å². The lowest BCUT2D eigenvalue weighted by Crippen LogP contribution is -2.47. The minimum absolute atomic E-state index is 0.0340. The Hall–Kier alpha value is -2.84. The van der Waals surface area contributed by atoms with Crippen molar-refractivity contribution in [3.63, 3.8) is 0 Å². The van der Waals surface area contributed by atoms with Crippen LogP contribution < -0.4 is 10.0 Å². The molecule has 0 saturated heterocycles. The quantitative estimate of drug-likeness (QED) is 0.473. The van der Waals surface area contributed by atoms with Crippen molar-refractivity contribution in [2.45, 2.75) is 41.5 Å². The molecule has 9 nitrogen and oxygen atoms in total. The summed E-state index contributed by atoms with van der Waals surface area (Å²) in [5.41, 5.74) is -0.551. The number of hydrogen-bond acceptors (Lipinski definition) is 7. The normalized spacial score (nSPS) is 24.2. The van der Waals surface area contributed by atoms with Gasteiger partial charge in [0.25, 0.3) is 0 Å². The molecule has 1 saturated carbocycles. The second-order valence-corrected chi connectivity index (χ2v) is 11.6. The van der Waals surface area contributed by atoms with E-state index in [9.17, 15) is 36.3 Å². The van der Waals surface area contributed by atoms with Crippen LogP contribution in [0.25, 0.3) is 4.91 Å². The Labute approximate surface area is 202 Å². The number of carbonyl (C=O) groups is 2. The van der Waals surface area contributed by atoms with Crippen LogP contribution in [0.15, 0.2) is 40.9 Å². The van der Waals surface area contributed by atoms with Gasteiger partial charge in [-0.3, -0.25) is 9.59 Å². The highest BCUT2D eigenvalue weighted by molar-refractivity contribution is 8.18. The zero-order valence-electron chi connectivity index (χ0n) is 18.1. The monoisotopic (exact) mass is 531 g/mol.